The van der Waals surface area contributed by atoms with Crippen molar-refractivity contribution in [1.82, 2.24) is 34.3 Å². The molecule has 0 amide bonds. The van der Waals surface area contributed by atoms with Crippen molar-refractivity contribution in [3.63, 3.8) is 0 Å². The van der Waals surface area contributed by atoms with Crippen molar-refractivity contribution in [2.45, 2.75) is 44.4 Å². The summed E-state index contributed by atoms with van der Waals surface area (Å²) in [5.74, 6) is 1.70. The summed E-state index contributed by atoms with van der Waals surface area (Å²) >= 11 is 0. The molecule has 0 atom stereocenters. The first kappa shape index (κ1) is 25.1. The van der Waals surface area contributed by atoms with E-state index in [2.05, 4.69) is 20.1 Å². The lowest BCUT2D eigenvalue weighted by molar-refractivity contribution is -0.396. The van der Waals surface area contributed by atoms with Gasteiger partial charge in [-0.1, -0.05) is 4.98 Å². The summed E-state index contributed by atoms with van der Waals surface area (Å²) in [5.41, 5.74) is 8.26. The third kappa shape index (κ3) is 5.12. The number of morpholine rings is 1. The van der Waals surface area contributed by atoms with Crippen LogP contribution >= 0.6 is 0 Å². The van der Waals surface area contributed by atoms with Crippen molar-refractivity contribution in [3.05, 3.63) is 46.7 Å². The van der Waals surface area contributed by atoms with Gasteiger partial charge in [-0.3, -0.25) is 4.98 Å². The summed E-state index contributed by atoms with van der Waals surface area (Å²) < 4.78 is 15.3. The van der Waals surface area contributed by atoms with Crippen molar-refractivity contribution >= 4 is 22.7 Å². The van der Waals surface area contributed by atoms with Crippen LogP contribution in [-0.4, -0.2) is 77.7 Å². The van der Waals surface area contributed by atoms with Gasteiger partial charge in [0.25, 0.3) is 0 Å². The zero-order valence-electron chi connectivity index (χ0n) is 21.6. The van der Waals surface area contributed by atoms with E-state index >= 15 is 0 Å². The molecule has 14 nitrogen and oxygen atoms in total. The van der Waals surface area contributed by atoms with Gasteiger partial charge in [-0.05, 0) is 36.7 Å². The fraction of sp³-hybridized carbons (Fsp3) is 0.480. The maximum absolute atomic E-state index is 11.2. The molecule has 0 unspecified atom stereocenters. The molecule has 39 heavy (non-hydrogen) atoms. The number of fused-ring (bicyclic) bond motifs is 1. The molecule has 0 bridgehead atoms. The second-order valence-corrected chi connectivity index (χ2v) is 9.98. The second-order valence-electron chi connectivity index (χ2n) is 9.98. The number of ether oxygens (including phenoxy) is 2. The first-order valence-electron chi connectivity index (χ1n) is 13.0. The highest BCUT2D eigenvalue weighted by Gasteiger charge is 2.24. The Morgan fingerprint density at radius 1 is 1.15 bits per heavy atom. The summed E-state index contributed by atoms with van der Waals surface area (Å²) in [4.78, 5) is 26.5. The van der Waals surface area contributed by atoms with Crippen LogP contribution in [0, 0.1) is 10.1 Å². The predicted molar refractivity (Wildman–Crippen MR) is 141 cm³/mol. The molecule has 2 fully saturated rings. The monoisotopic (exact) mass is 534 g/mol. The molecule has 6 rings (SSSR count). The molecule has 4 aromatic heterocycles. The summed E-state index contributed by atoms with van der Waals surface area (Å²) in [5, 5.41) is 20.4. The van der Waals surface area contributed by atoms with Gasteiger partial charge < -0.3 is 34.8 Å². The number of imidazole rings is 1. The Morgan fingerprint density at radius 3 is 2.69 bits per heavy atom. The Kier molecular flexibility index (Phi) is 6.79. The molecule has 0 spiro atoms. The van der Waals surface area contributed by atoms with Crippen LogP contribution < -0.4 is 15.4 Å². The summed E-state index contributed by atoms with van der Waals surface area (Å²) in [6.45, 7) is 3.11. The first-order chi connectivity index (χ1) is 19.0. The zero-order valence-corrected chi connectivity index (χ0v) is 21.6. The highest BCUT2D eigenvalue weighted by Crippen LogP contribution is 2.33. The average molecular weight is 535 g/mol. The SMILES string of the molecule is Cn1c(Cn2cnnc2-c2cnc3cc(N4CCOCC4)nc(OC4CCC(N)CC4)c3c2)cnc1[N+](=O)[O-]. The lowest BCUT2D eigenvalue weighted by Crippen LogP contribution is -2.37. The molecule has 5 heterocycles. The summed E-state index contributed by atoms with van der Waals surface area (Å²) in [7, 11) is 1.61. The van der Waals surface area contributed by atoms with Crippen LogP contribution in [0.2, 0.25) is 0 Å². The van der Waals surface area contributed by atoms with Crippen LogP contribution in [0.1, 0.15) is 31.4 Å². The lowest BCUT2D eigenvalue weighted by atomic mass is 9.94. The smallest absolute Gasteiger partial charge is 0.434 e. The molecular formula is C25H30N10O4. The maximum atomic E-state index is 11.2. The molecular weight excluding hydrogens is 504 g/mol. The van der Waals surface area contributed by atoms with E-state index in [1.165, 1.54) is 10.8 Å². The zero-order chi connectivity index (χ0) is 26.9. The van der Waals surface area contributed by atoms with Crippen LogP contribution in [0.4, 0.5) is 11.8 Å². The highest BCUT2D eigenvalue weighted by atomic mass is 16.6. The topological polar surface area (TPSA) is 165 Å². The molecule has 1 saturated carbocycles. The number of nitrogens with zero attached hydrogens (tertiary/aromatic N) is 9. The minimum absolute atomic E-state index is 0.0355. The quantitative estimate of drug-likeness (QED) is 0.272. The van der Waals surface area contributed by atoms with Gasteiger partial charge in [-0.15, -0.1) is 10.2 Å². The van der Waals surface area contributed by atoms with Gasteiger partial charge in [0.05, 0.1) is 37.7 Å². The number of aromatic nitrogens is 7. The summed E-state index contributed by atoms with van der Waals surface area (Å²) in [6, 6.07) is 4.16. The third-order valence-corrected chi connectivity index (χ3v) is 7.39. The van der Waals surface area contributed by atoms with Gasteiger partial charge in [0, 0.05) is 37.0 Å². The van der Waals surface area contributed by atoms with E-state index in [-0.39, 0.29) is 18.1 Å². The molecule has 1 saturated heterocycles. The van der Waals surface area contributed by atoms with Gasteiger partial charge in [-0.2, -0.15) is 4.98 Å². The van der Waals surface area contributed by atoms with Crippen LogP contribution in [0.3, 0.4) is 0 Å². The van der Waals surface area contributed by atoms with Gasteiger partial charge in [0.2, 0.25) is 5.88 Å². The molecule has 0 aromatic carbocycles. The number of nitro groups is 1. The van der Waals surface area contributed by atoms with Crippen LogP contribution in [0.15, 0.2) is 30.9 Å². The number of hydrogen-bond acceptors (Lipinski definition) is 11. The first-order valence-corrected chi connectivity index (χ1v) is 13.0. The fourth-order valence-electron chi connectivity index (χ4n) is 5.13. The average Bonchev–Trinajstić information content (AvgIpc) is 3.57. The number of pyridine rings is 2. The Morgan fingerprint density at radius 2 is 1.95 bits per heavy atom. The summed E-state index contributed by atoms with van der Waals surface area (Å²) in [6.07, 6.45) is 8.46. The Bertz CT molecular complexity index is 1490. The van der Waals surface area contributed by atoms with E-state index in [0.717, 1.165) is 61.1 Å². The third-order valence-electron chi connectivity index (χ3n) is 7.39. The standard InChI is InChI=1S/C25H30N10O4/c1-32-18(13-28-25(32)35(36)37)14-34-15-29-31-23(34)16-10-20-21(27-12-16)11-22(33-6-8-38-9-7-33)30-24(20)39-19-4-2-17(26)3-5-19/h10-13,15,17,19H,2-9,14,26H2,1H3. The van der Waals surface area contributed by atoms with E-state index in [1.54, 1.807) is 19.6 Å². The molecule has 0 radical (unpaired) electrons. The number of nitrogens with two attached hydrogens (primary N) is 1. The van der Waals surface area contributed by atoms with Gasteiger partial charge in [-0.25, -0.2) is 4.57 Å². The van der Waals surface area contributed by atoms with Crippen LogP contribution in [0.25, 0.3) is 22.3 Å². The number of anilines is 1. The Balaban J connectivity index is 1.36. The molecule has 2 N–H and O–H groups in total. The van der Waals surface area contributed by atoms with E-state index in [1.807, 2.05) is 16.7 Å². The van der Waals surface area contributed by atoms with E-state index < -0.39 is 4.92 Å². The van der Waals surface area contributed by atoms with E-state index in [0.29, 0.717) is 37.2 Å². The van der Waals surface area contributed by atoms with Gasteiger partial charge in [0.1, 0.15) is 30.1 Å². The molecule has 1 aliphatic carbocycles. The van der Waals surface area contributed by atoms with E-state index in [9.17, 15) is 10.1 Å². The normalized spacial score (nSPS) is 19.9. The molecule has 4 aromatic rings. The van der Waals surface area contributed by atoms with E-state index in [4.69, 9.17) is 25.2 Å². The van der Waals surface area contributed by atoms with Crippen molar-refractivity contribution in [2.75, 3.05) is 31.2 Å². The minimum atomic E-state index is -0.510. The maximum Gasteiger partial charge on any atom is 0.434 e. The minimum Gasteiger partial charge on any atom is -0.474 e. The fourth-order valence-corrected chi connectivity index (χ4v) is 5.13. The lowest BCUT2D eigenvalue weighted by Gasteiger charge is -2.30. The highest BCUT2D eigenvalue weighted by molar-refractivity contribution is 5.88. The van der Waals surface area contributed by atoms with Crippen molar-refractivity contribution in [2.24, 2.45) is 12.8 Å². The van der Waals surface area contributed by atoms with Gasteiger partial charge in [0.15, 0.2) is 5.82 Å². The molecule has 14 heteroatoms. The molecule has 1 aliphatic heterocycles. The molecule has 2 aliphatic rings. The van der Waals surface area contributed by atoms with Crippen molar-refractivity contribution in [1.29, 1.82) is 0 Å². The van der Waals surface area contributed by atoms with Crippen LogP contribution in [0.5, 0.6) is 5.88 Å². The van der Waals surface area contributed by atoms with Gasteiger partial charge >= 0.3 is 5.95 Å². The van der Waals surface area contributed by atoms with Crippen molar-refractivity contribution < 1.29 is 14.4 Å². The van der Waals surface area contributed by atoms with Crippen molar-refractivity contribution in [3.8, 4) is 17.3 Å². The predicted octanol–water partition coefficient (Wildman–Crippen LogP) is 2.06. The van der Waals surface area contributed by atoms with Crippen LogP contribution in [-0.2, 0) is 18.3 Å². The Labute approximate surface area is 223 Å². The largest absolute Gasteiger partial charge is 0.474 e. The number of rotatable bonds is 7. The number of hydrogen-bond donors (Lipinski definition) is 1. The second kappa shape index (κ2) is 10.5. The Hall–Kier alpha value is -4.17. The molecule has 204 valence electrons.